The number of hydrogen-bond donors (Lipinski definition) is 1. The fraction of sp³-hybridized carbons (Fsp3) is 1.00. The van der Waals surface area contributed by atoms with Crippen molar-refractivity contribution < 1.29 is 4.74 Å². The zero-order chi connectivity index (χ0) is 11.5. The highest BCUT2D eigenvalue weighted by Gasteiger charge is 2.32. The summed E-state index contributed by atoms with van der Waals surface area (Å²) in [4.78, 5) is 2.64. The van der Waals surface area contributed by atoms with Crippen molar-refractivity contribution in [1.29, 1.82) is 0 Å². The van der Waals surface area contributed by atoms with E-state index < -0.39 is 0 Å². The molecule has 94 valence electrons. The van der Waals surface area contributed by atoms with Crippen molar-refractivity contribution in [1.82, 2.24) is 10.2 Å². The molecular formula is C13H26N2O. The zero-order valence-electron chi connectivity index (χ0n) is 10.9. The predicted molar refractivity (Wildman–Crippen MR) is 66.6 cm³/mol. The van der Waals surface area contributed by atoms with Crippen molar-refractivity contribution in [3.63, 3.8) is 0 Å². The van der Waals surface area contributed by atoms with Gasteiger partial charge >= 0.3 is 0 Å². The van der Waals surface area contributed by atoms with Gasteiger partial charge in [0.05, 0.1) is 12.7 Å². The van der Waals surface area contributed by atoms with Crippen molar-refractivity contribution in [3.05, 3.63) is 0 Å². The molecule has 0 amide bonds. The minimum atomic E-state index is 0.376. The Balaban J connectivity index is 1.93. The summed E-state index contributed by atoms with van der Waals surface area (Å²) in [7, 11) is 0. The quantitative estimate of drug-likeness (QED) is 0.772. The molecule has 0 radical (unpaired) electrons. The summed E-state index contributed by atoms with van der Waals surface area (Å²) in [6, 6.07) is 1.27. The van der Waals surface area contributed by atoms with E-state index in [1.807, 2.05) is 0 Å². The highest BCUT2D eigenvalue weighted by atomic mass is 16.5. The third-order valence-corrected chi connectivity index (χ3v) is 4.18. The Morgan fingerprint density at radius 2 is 2.12 bits per heavy atom. The van der Waals surface area contributed by atoms with Crippen LogP contribution in [0.15, 0.2) is 0 Å². The lowest BCUT2D eigenvalue weighted by molar-refractivity contribution is -0.0480. The van der Waals surface area contributed by atoms with Crippen LogP contribution in [0.5, 0.6) is 0 Å². The van der Waals surface area contributed by atoms with E-state index in [9.17, 15) is 0 Å². The Labute approximate surface area is 99.5 Å². The minimum absolute atomic E-state index is 0.376. The van der Waals surface area contributed by atoms with E-state index in [2.05, 4.69) is 31.0 Å². The van der Waals surface area contributed by atoms with E-state index in [1.54, 1.807) is 0 Å². The number of hydrogen-bond acceptors (Lipinski definition) is 3. The summed E-state index contributed by atoms with van der Waals surface area (Å²) in [5.41, 5.74) is 0. The average molecular weight is 226 g/mol. The van der Waals surface area contributed by atoms with E-state index in [0.29, 0.717) is 12.1 Å². The molecule has 2 rings (SSSR count). The van der Waals surface area contributed by atoms with Crippen LogP contribution in [-0.2, 0) is 4.74 Å². The van der Waals surface area contributed by atoms with Crippen LogP contribution in [-0.4, -0.2) is 49.3 Å². The molecule has 1 N–H and O–H groups in total. The first kappa shape index (κ1) is 12.3. The van der Waals surface area contributed by atoms with E-state index in [1.165, 1.54) is 19.4 Å². The molecule has 0 aromatic rings. The molecule has 2 fully saturated rings. The van der Waals surface area contributed by atoms with Crippen molar-refractivity contribution in [3.8, 4) is 0 Å². The maximum atomic E-state index is 5.87. The Kier molecular flexibility index (Phi) is 4.22. The van der Waals surface area contributed by atoms with Gasteiger partial charge in [0.25, 0.3) is 0 Å². The third-order valence-electron chi connectivity index (χ3n) is 4.18. The van der Waals surface area contributed by atoms with Crippen molar-refractivity contribution in [2.24, 2.45) is 5.92 Å². The molecule has 16 heavy (non-hydrogen) atoms. The Morgan fingerprint density at radius 1 is 1.31 bits per heavy atom. The van der Waals surface area contributed by atoms with Gasteiger partial charge in [-0.15, -0.1) is 0 Å². The standard InChI is InChI=1S/C13H26N2O/c1-10-4-5-11(2)15(9-10)12(3)13-8-14-6-7-16-13/h10-14H,4-9H2,1-3H3. The smallest absolute Gasteiger partial charge is 0.0852 e. The van der Waals surface area contributed by atoms with Crippen LogP contribution in [0.25, 0.3) is 0 Å². The van der Waals surface area contributed by atoms with Crippen molar-refractivity contribution in [2.45, 2.75) is 51.8 Å². The summed E-state index contributed by atoms with van der Waals surface area (Å²) in [5.74, 6) is 0.843. The lowest BCUT2D eigenvalue weighted by atomic mass is 9.92. The van der Waals surface area contributed by atoms with Gasteiger partial charge in [-0.3, -0.25) is 4.90 Å². The normalized spacial score (nSPS) is 39.6. The number of ether oxygens (including phenoxy) is 1. The van der Waals surface area contributed by atoms with Gasteiger partial charge in [-0.25, -0.2) is 0 Å². The molecule has 0 aromatic heterocycles. The molecule has 0 aliphatic carbocycles. The molecule has 3 heteroatoms. The average Bonchev–Trinajstić information content (AvgIpc) is 2.32. The van der Waals surface area contributed by atoms with E-state index >= 15 is 0 Å². The molecule has 2 aliphatic heterocycles. The topological polar surface area (TPSA) is 24.5 Å². The van der Waals surface area contributed by atoms with E-state index in [4.69, 9.17) is 4.74 Å². The molecule has 0 spiro atoms. The second kappa shape index (κ2) is 5.48. The third kappa shape index (κ3) is 2.76. The first-order valence-corrected chi connectivity index (χ1v) is 6.76. The van der Waals surface area contributed by atoms with Gasteiger partial charge in [0, 0.05) is 31.7 Å². The second-order valence-corrected chi connectivity index (χ2v) is 5.58. The molecule has 4 atom stereocenters. The highest BCUT2D eigenvalue weighted by molar-refractivity contribution is 4.87. The molecular weight excluding hydrogens is 200 g/mol. The fourth-order valence-electron chi connectivity index (χ4n) is 3.00. The summed E-state index contributed by atoms with van der Waals surface area (Å²) in [6.07, 6.45) is 3.10. The SMILES string of the molecule is CC1CCC(C)N(C(C)C2CNCCO2)C1. The fourth-order valence-corrected chi connectivity index (χ4v) is 3.00. The highest BCUT2D eigenvalue weighted by Crippen LogP contribution is 2.25. The van der Waals surface area contributed by atoms with Gasteiger partial charge in [0.2, 0.25) is 0 Å². The monoisotopic (exact) mass is 226 g/mol. The van der Waals surface area contributed by atoms with Crippen molar-refractivity contribution in [2.75, 3.05) is 26.2 Å². The Bertz CT molecular complexity index is 216. The number of nitrogens with zero attached hydrogens (tertiary/aromatic N) is 1. The molecule has 3 nitrogen and oxygen atoms in total. The van der Waals surface area contributed by atoms with Gasteiger partial charge in [-0.2, -0.15) is 0 Å². The number of likely N-dealkylation sites (tertiary alicyclic amines) is 1. The lowest BCUT2D eigenvalue weighted by Crippen LogP contribution is -2.55. The number of nitrogens with one attached hydrogen (secondary N) is 1. The molecule has 2 aliphatic rings. The van der Waals surface area contributed by atoms with Crippen LogP contribution in [0.4, 0.5) is 0 Å². The molecule has 2 saturated heterocycles. The van der Waals surface area contributed by atoms with Gasteiger partial charge in [-0.05, 0) is 32.6 Å². The van der Waals surface area contributed by atoms with Crippen LogP contribution < -0.4 is 5.32 Å². The summed E-state index contributed by atoms with van der Waals surface area (Å²) >= 11 is 0. The van der Waals surface area contributed by atoms with Gasteiger partial charge in [0.15, 0.2) is 0 Å². The molecule has 0 aromatic carbocycles. The first-order chi connectivity index (χ1) is 7.68. The van der Waals surface area contributed by atoms with Gasteiger partial charge in [0.1, 0.15) is 0 Å². The Morgan fingerprint density at radius 3 is 2.81 bits per heavy atom. The van der Waals surface area contributed by atoms with Gasteiger partial charge < -0.3 is 10.1 Å². The summed E-state index contributed by atoms with van der Waals surface area (Å²) in [5, 5.41) is 3.43. The maximum absolute atomic E-state index is 5.87. The van der Waals surface area contributed by atoms with Crippen molar-refractivity contribution >= 4 is 0 Å². The zero-order valence-corrected chi connectivity index (χ0v) is 10.9. The second-order valence-electron chi connectivity index (χ2n) is 5.58. The number of piperidine rings is 1. The predicted octanol–water partition coefficient (Wildman–Crippen LogP) is 1.48. The molecule has 0 saturated carbocycles. The minimum Gasteiger partial charge on any atom is -0.374 e. The number of morpholine rings is 1. The summed E-state index contributed by atoms with van der Waals surface area (Å²) < 4.78 is 5.87. The van der Waals surface area contributed by atoms with Crippen LogP contribution in [0, 0.1) is 5.92 Å². The molecule has 0 bridgehead atoms. The number of rotatable bonds is 2. The first-order valence-electron chi connectivity index (χ1n) is 6.76. The Hall–Kier alpha value is -0.120. The van der Waals surface area contributed by atoms with E-state index in [-0.39, 0.29) is 0 Å². The van der Waals surface area contributed by atoms with Gasteiger partial charge in [-0.1, -0.05) is 6.92 Å². The van der Waals surface area contributed by atoms with Crippen LogP contribution in [0.2, 0.25) is 0 Å². The largest absolute Gasteiger partial charge is 0.374 e. The summed E-state index contributed by atoms with van der Waals surface area (Å²) in [6.45, 7) is 11.2. The maximum Gasteiger partial charge on any atom is 0.0852 e. The lowest BCUT2D eigenvalue weighted by Gasteiger charge is -2.44. The van der Waals surface area contributed by atoms with Crippen LogP contribution in [0.1, 0.15) is 33.6 Å². The molecule has 4 unspecified atom stereocenters. The van der Waals surface area contributed by atoms with E-state index in [0.717, 1.165) is 31.7 Å². The van der Waals surface area contributed by atoms with Crippen LogP contribution in [0.3, 0.4) is 0 Å². The van der Waals surface area contributed by atoms with Crippen LogP contribution >= 0.6 is 0 Å². The molecule has 2 heterocycles.